The molecule has 0 saturated carbocycles. The molecule has 18 heavy (non-hydrogen) atoms. The summed E-state index contributed by atoms with van der Waals surface area (Å²) in [4.78, 5) is 0.959. The van der Waals surface area contributed by atoms with Gasteiger partial charge in [0.2, 0.25) is 5.89 Å². The second kappa shape index (κ2) is 4.65. The average Bonchev–Trinajstić information content (AvgIpc) is 3.10. The molecular formula is C10H10N6OS. The molecule has 0 unspecified atom stereocenters. The maximum atomic E-state index is 5.57. The molecule has 0 N–H and O–H groups in total. The minimum atomic E-state index is 0.397. The minimum absolute atomic E-state index is 0.397. The van der Waals surface area contributed by atoms with Gasteiger partial charge in [-0.15, -0.1) is 26.6 Å². The molecule has 0 atom stereocenters. The standard InChI is InChI=1S/C10H10N6OS/c1-2-8-11-14-15-16(8)6-9-12-13-10(17-9)7-4-3-5-18-7/h3-5H,2,6H2,1H3. The maximum Gasteiger partial charge on any atom is 0.257 e. The van der Waals surface area contributed by atoms with E-state index in [0.717, 1.165) is 17.1 Å². The predicted molar refractivity (Wildman–Crippen MR) is 63.9 cm³/mol. The van der Waals surface area contributed by atoms with E-state index in [0.29, 0.717) is 18.3 Å². The molecule has 3 aromatic heterocycles. The van der Waals surface area contributed by atoms with Crippen LogP contribution in [-0.4, -0.2) is 30.4 Å². The van der Waals surface area contributed by atoms with Gasteiger partial charge in [0.1, 0.15) is 6.54 Å². The van der Waals surface area contributed by atoms with Gasteiger partial charge in [-0.2, -0.15) is 0 Å². The lowest BCUT2D eigenvalue weighted by atomic mass is 10.4. The van der Waals surface area contributed by atoms with E-state index in [-0.39, 0.29) is 0 Å². The molecule has 0 spiro atoms. The normalized spacial score (nSPS) is 10.9. The van der Waals surface area contributed by atoms with Crippen LogP contribution in [0.25, 0.3) is 10.8 Å². The molecule has 0 fully saturated rings. The van der Waals surface area contributed by atoms with E-state index < -0.39 is 0 Å². The van der Waals surface area contributed by atoms with Gasteiger partial charge >= 0.3 is 0 Å². The van der Waals surface area contributed by atoms with Crippen molar-refractivity contribution < 1.29 is 4.42 Å². The van der Waals surface area contributed by atoms with E-state index in [9.17, 15) is 0 Å². The molecule has 0 radical (unpaired) electrons. The molecule has 92 valence electrons. The third kappa shape index (κ3) is 2.02. The lowest BCUT2D eigenvalue weighted by Gasteiger charge is -1.97. The molecule has 0 saturated heterocycles. The van der Waals surface area contributed by atoms with Gasteiger partial charge in [0.05, 0.1) is 4.88 Å². The zero-order valence-electron chi connectivity index (χ0n) is 9.65. The Bertz CT molecular complexity index is 628. The average molecular weight is 262 g/mol. The van der Waals surface area contributed by atoms with Crippen molar-refractivity contribution in [2.75, 3.05) is 0 Å². The molecule has 8 heteroatoms. The highest BCUT2D eigenvalue weighted by molar-refractivity contribution is 7.13. The van der Waals surface area contributed by atoms with Gasteiger partial charge in [-0.3, -0.25) is 0 Å². The van der Waals surface area contributed by atoms with Crippen molar-refractivity contribution in [2.24, 2.45) is 0 Å². The second-order valence-corrected chi connectivity index (χ2v) is 4.53. The Morgan fingerprint density at radius 2 is 2.28 bits per heavy atom. The van der Waals surface area contributed by atoms with Crippen molar-refractivity contribution >= 4 is 11.3 Å². The highest BCUT2D eigenvalue weighted by atomic mass is 32.1. The molecular weight excluding hydrogens is 252 g/mol. The fraction of sp³-hybridized carbons (Fsp3) is 0.300. The number of rotatable bonds is 4. The van der Waals surface area contributed by atoms with Crippen molar-refractivity contribution in [1.29, 1.82) is 0 Å². The highest BCUT2D eigenvalue weighted by Gasteiger charge is 2.12. The van der Waals surface area contributed by atoms with Crippen LogP contribution in [0, 0.1) is 0 Å². The number of tetrazole rings is 1. The summed E-state index contributed by atoms with van der Waals surface area (Å²) in [6.07, 6.45) is 0.763. The van der Waals surface area contributed by atoms with Gasteiger partial charge in [0.25, 0.3) is 5.89 Å². The summed E-state index contributed by atoms with van der Waals surface area (Å²) in [6.45, 7) is 2.39. The summed E-state index contributed by atoms with van der Waals surface area (Å²) >= 11 is 1.56. The van der Waals surface area contributed by atoms with Crippen LogP contribution in [-0.2, 0) is 13.0 Å². The van der Waals surface area contributed by atoms with Crippen molar-refractivity contribution in [1.82, 2.24) is 30.4 Å². The van der Waals surface area contributed by atoms with Gasteiger partial charge in [-0.1, -0.05) is 13.0 Å². The SMILES string of the molecule is CCc1nnnn1Cc1nnc(-c2cccs2)o1. The van der Waals surface area contributed by atoms with E-state index in [1.165, 1.54) is 0 Å². The zero-order chi connectivity index (χ0) is 12.4. The summed E-state index contributed by atoms with van der Waals surface area (Å²) in [5, 5.41) is 21.4. The summed E-state index contributed by atoms with van der Waals surface area (Å²) in [5.41, 5.74) is 0. The predicted octanol–water partition coefficient (Wildman–Crippen LogP) is 1.40. The first-order valence-corrected chi connectivity index (χ1v) is 6.36. The Morgan fingerprint density at radius 3 is 3.06 bits per heavy atom. The molecule has 0 amide bonds. The third-order valence-electron chi connectivity index (χ3n) is 2.41. The topological polar surface area (TPSA) is 82.5 Å². The van der Waals surface area contributed by atoms with Crippen LogP contribution >= 0.6 is 11.3 Å². The van der Waals surface area contributed by atoms with Gasteiger partial charge in [0, 0.05) is 6.42 Å². The summed E-state index contributed by atoms with van der Waals surface area (Å²) in [7, 11) is 0. The van der Waals surface area contributed by atoms with Crippen LogP contribution in [0.15, 0.2) is 21.9 Å². The third-order valence-corrected chi connectivity index (χ3v) is 3.26. The van der Waals surface area contributed by atoms with Crippen molar-refractivity contribution in [3.05, 3.63) is 29.2 Å². The fourth-order valence-corrected chi connectivity index (χ4v) is 2.19. The summed E-state index contributed by atoms with van der Waals surface area (Å²) in [6, 6.07) is 3.89. The lowest BCUT2D eigenvalue weighted by Crippen LogP contribution is -2.06. The molecule has 0 aliphatic heterocycles. The number of hydrogen-bond acceptors (Lipinski definition) is 7. The molecule has 0 aliphatic rings. The number of aryl methyl sites for hydroxylation is 1. The maximum absolute atomic E-state index is 5.57. The Labute approximate surface area is 106 Å². The van der Waals surface area contributed by atoms with Crippen LogP contribution < -0.4 is 0 Å². The zero-order valence-corrected chi connectivity index (χ0v) is 10.5. The molecule has 7 nitrogen and oxygen atoms in total. The van der Waals surface area contributed by atoms with Gasteiger partial charge < -0.3 is 4.42 Å². The first kappa shape index (κ1) is 11.0. The first-order chi connectivity index (χ1) is 8.86. The van der Waals surface area contributed by atoms with E-state index in [2.05, 4.69) is 25.7 Å². The Hall–Kier alpha value is -2.09. The Balaban J connectivity index is 1.82. The Kier molecular flexibility index (Phi) is 2.85. The van der Waals surface area contributed by atoms with Crippen molar-refractivity contribution in [3.63, 3.8) is 0 Å². The van der Waals surface area contributed by atoms with Crippen LogP contribution in [0.4, 0.5) is 0 Å². The summed E-state index contributed by atoms with van der Waals surface area (Å²) < 4.78 is 7.23. The van der Waals surface area contributed by atoms with E-state index in [1.54, 1.807) is 16.0 Å². The van der Waals surface area contributed by atoms with Gasteiger partial charge in [-0.25, -0.2) is 4.68 Å². The molecule has 0 aliphatic carbocycles. The Morgan fingerprint density at radius 1 is 1.33 bits per heavy atom. The molecule has 0 aromatic carbocycles. The van der Waals surface area contributed by atoms with Crippen molar-refractivity contribution in [2.45, 2.75) is 19.9 Å². The number of aromatic nitrogens is 6. The second-order valence-electron chi connectivity index (χ2n) is 3.58. The lowest BCUT2D eigenvalue weighted by molar-refractivity contribution is 0.464. The molecule has 0 bridgehead atoms. The largest absolute Gasteiger partial charge is 0.418 e. The van der Waals surface area contributed by atoms with Gasteiger partial charge in [0.15, 0.2) is 5.82 Å². The molecule has 3 rings (SSSR count). The number of hydrogen-bond donors (Lipinski definition) is 0. The fourth-order valence-electron chi connectivity index (χ4n) is 1.54. The van der Waals surface area contributed by atoms with E-state index in [1.807, 2.05) is 24.4 Å². The van der Waals surface area contributed by atoms with Gasteiger partial charge in [-0.05, 0) is 21.9 Å². The highest BCUT2D eigenvalue weighted by Crippen LogP contribution is 2.23. The van der Waals surface area contributed by atoms with E-state index in [4.69, 9.17) is 4.42 Å². The smallest absolute Gasteiger partial charge is 0.257 e. The summed E-state index contributed by atoms with van der Waals surface area (Å²) in [5.74, 6) is 1.83. The van der Waals surface area contributed by atoms with E-state index >= 15 is 0 Å². The number of nitrogens with zero attached hydrogens (tertiary/aromatic N) is 6. The van der Waals surface area contributed by atoms with Crippen LogP contribution in [0.3, 0.4) is 0 Å². The monoisotopic (exact) mass is 262 g/mol. The molecule has 3 aromatic rings. The van der Waals surface area contributed by atoms with Crippen LogP contribution in [0.2, 0.25) is 0 Å². The van der Waals surface area contributed by atoms with Crippen molar-refractivity contribution in [3.8, 4) is 10.8 Å². The first-order valence-electron chi connectivity index (χ1n) is 5.48. The minimum Gasteiger partial charge on any atom is -0.418 e. The molecule has 3 heterocycles. The van der Waals surface area contributed by atoms with Crippen LogP contribution in [0.5, 0.6) is 0 Å². The van der Waals surface area contributed by atoms with Crippen LogP contribution in [0.1, 0.15) is 18.6 Å². The quantitative estimate of drug-likeness (QED) is 0.706. The number of thiophene rings is 1.